The maximum atomic E-state index is 12.3. The van der Waals surface area contributed by atoms with Crippen molar-refractivity contribution in [2.75, 3.05) is 12.4 Å². The molecule has 6 nitrogen and oxygen atoms in total. The number of aromatic nitrogens is 2. The van der Waals surface area contributed by atoms with Crippen molar-refractivity contribution < 1.29 is 9.53 Å². The Morgan fingerprint density at radius 2 is 1.93 bits per heavy atom. The van der Waals surface area contributed by atoms with Crippen LogP contribution in [0, 0.1) is 13.8 Å². The first-order chi connectivity index (χ1) is 14.0. The molecule has 1 N–H and O–H groups in total. The van der Waals surface area contributed by atoms with Crippen LogP contribution in [0.2, 0.25) is 0 Å². The van der Waals surface area contributed by atoms with Crippen LogP contribution in [0.15, 0.2) is 59.4 Å². The second-order valence-electron chi connectivity index (χ2n) is 6.98. The van der Waals surface area contributed by atoms with Gasteiger partial charge in [-0.05, 0) is 55.7 Å². The van der Waals surface area contributed by atoms with Gasteiger partial charge in [0.2, 0.25) is 5.91 Å². The van der Waals surface area contributed by atoms with E-state index >= 15 is 0 Å². The van der Waals surface area contributed by atoms with Crippen LogP contribution in [0.1, 0.15) is 24.0 Å². The Morgan fingerprint density at radius 3 is 2.72 bits per heavy atom. The molecule has 3 aromatic rings. The second-order valence-corrected chi connectivity index (χ2v) is 6.98. The highest BCUT2D eigenvalue weighted by Crippen LogP contribution is 2.21. The number of carbonyl (C=O) groups is 1. The number of benzene rings is 2. The Kier molecular flexibility index (Phi) is 6.44. The van der Waals surface area contributed by atoms with E-state index in [-0.39, 0.29) is 11.5 Å². The molecule has 1 heterocycles. The number of amides is 1. The lowest BCUT2D eigenvalue weighted by atomic mass is 10.1. The maximum Gasteiger partial charge on any atom is 0.266 e. The highest BCUT2D eigenvalue weighted by molar-refractivity contribution is 5.91. The average Bonchev–Trinajstić information content (AvgIpc) is 2.72. The number of hydrogen-bond donors (Lipinski definition) is 1. The number of rotatable bonds is 7. The van der Waals surface area contributed by atoms with Gasteiger partial charge in [-0.2, -0.15) is 5.10 Å². The molecule has 0 saturated carbocycles. The SMILES string of the molecule is COc1cccc(-c2ccc(=O)n(CCCC(=O)Nc3cc(C)ccc3C)n2)c1. The molecule has 1 amide bonds. The molecule has 3 rings (SSSR count). The van der Waals surface area contributed by atoms with Crippen molar-refractivity contribution in [3.8, 4) is 17.0 Å². The molecule has 150 valence electrons. The summed E-state index contributed by atoms with van der Waals surface area (Å²) in [7, 11) is 1.61. The molecule has 0 fully saturated rings. The van der Waals surface area contributed by atoms with E-state index in [4.69, 9.17) is 4.74 Å². The lowest BCUT2D eigenvalue weighted by Crippen LogP contribution is -2.23. The monoisotopic (exact) mass is 391 g/mol. The summed E-state index contributed by atoms with van der Waals surface area (Å²) in [4.78, 5) is 24.4. The van der Waals surface area contributed by atoms with Crippen molar-refractivity contribution in [1.29, 1.82) is 0 Å². The number of methoxy groups -OCH3 is 1. The fourth-order valence-electron chi connectivity index (χ4n) is 3.02. The zero-order valence-electron chi connectivity index (χ0n) is 16.9. The van der Waals surface area contributed by atoms with Gasteiger partial charge in [-0.3, -0.25) is 9.59 Å². The Balaban J connectivity index is 1.64. The fourth-order valence-corrected chi connectivity index (χ4v) is 3.02. The molecule has 2 aromatic carbocycles. The van der Waals surface area contributed by atoms with Gasteiger partial charge in [-0.1, -0.05) is 24.3 Å². The zero-order valence-corrected chi connectivity index (χ0v) is 16.9. The van der Waals surface area contributed by atoms with Gasteiger partial charge in [0.05, 0.1) is 12.8 Å². The van der Waals surface area contributed by atoms with E-state index in [2.05, 4.69) is 10.4 Å². The van der Waals surface area contributed by atoms with E-state index in [1.807, 2.05) is 56.3 Å². The van der Waals surface area contributed by atoms with Crippen molar-refractivity contribution in [1.82, 2.24) is 9.78 Å². The van der Waals surface area contributed by atoms with Crippen LogP contribution < -0.4 is 15.6 Å². The largest absolute Gasteiger partial charge is 0.497 e. The van der Waals surface area contributed by atoms with Crippen LogP contribution in [0.3, 0.4) is 0 Å². The summed E-state index contributed by atoms with van der Waals surface area (Å²) >= 11 is 0. The van der Waals surface area contributed by atoms with Crippen LogP contribution in [0.25, 0.3) is 11.3 Å². The Bertz CT molecular complexity index is 1070. The molecule has 1 aromatic heterocycles. The van der Waals surface area contributed by atoms with Gasteiger partial charge >= 0.3 is 0 Å². The Morgan fingerprint density at radius 1 is 1.10 bits per heavy atom. The number of ether oxygens (including phenoxy) is 1. The summed E-state index contributed by atoms with van der Waals surface area (Å²) < 4.78 is 6.65. The third-order valence-electron chi connectivity index (χ3n) is 4.67. The number of carbonyl (C=O) groups excluding carboxylic acids is 1. The molecular weight excluding hydrogens is 366 g/mol. The number of nitrogens with one attached hydrogen (secondary N) is 1. The number of hydrogen-bond acceptors (Lipinski definition) is 4. The normalized spacial score (nSPS) is 10.6. The lowest BCUT2D eigenvalue weighted by molar-refractivity contribution is -0.116. The van der Waals surface area contributed by atoms with Crippen LogP contribution in [0.4, 0.5) is 5.69 Å². The first kappa shape index (κ1) is 20.3. The first-order valence-corrected chi connectivity index (χ1v) is 9.56. The van der Waals surface area contributed by atoms with Gasteiger partial charge in [-0.15, -0.1) is 0 Å². The average molecular weight is 391 g/mol. The smallest absolute Gasteiger partial charge is 0.266 e. The van der Waals surface area contributed by atoms with Crippen molar-refractivity contribution in [2.24, 2.45) is 0 Å². The second kappa shape index (κ2) is 9.19. The number of anilines is 1. The van der Waals surface area contributed by atoms with Gasteiger partial charge in [-0.25, -0.2) is 4.68 Å². The van der Waals surface area contributed by atoms with E-state index in [1.54, 1.807) is 13.2 Å². The van der Waals surface area contributed by atoms with Gasteiger partial charge in [0.1, 0.15) is 5.75 Å². The van der Waals surface area contributed by atoms with Gasteiger partial charge < -0.3 is 10.1 Å². The van der Waals surface area contributed by atoms with Crippen molar-refractivity contribution in [3.05, 3.63) is 76.1 Å². The number of nitrogens with zero attached hydrogens (tertiary/aromatic N) is 2. The van der Waals surface area contributed by atoms with Crippen LogP contribution >= 0.6 is 0 Å². The maximum absolute atomic E-state index is 12.3. The van der Waals surface area contributed by atoms with Crippen LogP contribution in [-0.2, 0) is 11.3 Å². The fraction of sp³-hybridized carbons (Fsp3) is 0.261. The topological polar surface area (TPSA) is 73.2 Å². The minimum Gasteiger partial charge on any atom is -0.497 e. The van der Waals surface area contributed by atoms with Crippen LogP contribution in [0.5, 0.6) is 5.75 Å². The molecule has 0 bridgehead atoms. The van der Waals surface area contributed by atoms with Gasteiger partial charge in [0.15, 0.2) is 0 Å². The summed E-state index contributed by atoms with van der Waals surface area (Å²) in [5.74, 6) is 0.654. The van der Waals surface area contributed by atoms with E-state index in [9.17, 15) is 9.59 Å². The summed E-state index contributed by atoms with van der Waals surface area (Å²) in [5.41, 5.74) is 4.30. The molecule has 0 atom stereocenters. The summed E-state index contributed by atoms with van der Waals surface area (Å²) in [6.07, 6.45) is 0.829. The molecule has 29 heavy (non-hydrogen) atoms. The van der Waals surface area contributed by atoms with Crippen LogP contribution in [-0.4, -0.2) is 22.8 Å². The first-order valence-electron chi connectivity index (χ1n) is 9.56. The molecule has 0 radical (unpaired) electrons. The standard InChI is InChI=1S/C23H25N3O3/c1-16-9-10-17(2)21(14-16)24-22(27)8-5-13-26-23(28)12-11-20(25-26)18-6-4-7-19(15-18)29-3/h4,6-7,9-12,14-15H,5,8,13H2,1-3H3,(H,24,27). The third-order valence-corrected chi connectivity index (χ3v) is 4.67. The van der Waals surface area contributed by atoms with Gasteiger partial charge in [0.25, 0.3) is 5.56 Å². The number of aryl methyl sites for hydroxylation is 3. The summed E-state index contributed by atoms with van der Waals surface area (Å²) in [6.45, 7) is 4.32. The van der Waals surface area contributed by atoms with Crippen molar-refractivity contribution >= 4 is 11.6 Å². The van der Waals surface area contributed by atoms with Crippen molar-refractivity contribution in [3.63, 3.8) is 0 Å². The predicted molar refractivity (Wildman–Crippen MR) is 114 cm³/mol. The van der Waals surface area contributed by atoms with E-state index in [0.29, 0.717) is 25.1 Å². The molecule has 0 saturated heterocycles. The quantitative estimate of drug-likeness (QED) is 0.662. The molecule has 0 unspecified atom stereocenters. The van der Waals surface area contributed by atoms with E-state index in [1.165, 1.54) is 10.7 Å². The molecule has 0 aliphatic heterocycles. The third kappa shape index (κ3) is 5.31. The Labute approximate surface area is 170 Å². The van der Waals surface area contributed by atoms with Gasteiger partial charge in [0, 0.05) is 30.3 Å². The zero-order chi connectivity index (χ0) is 20.8. The van der Waals surface area contributed by atoms with E-state index in [0.717, 1.165) is 28.1 Å². The highest BCUT2D eigenvalue weighted by Gasteiger charge is 2.08. The summed E-state index contributed by atoms with van der Waals surface area (Å²) in [5, 5.41) is 7.38. The lowest BCUT2D eigenvalue weighted by Gasteiger charge is -2.10. The van der Waals surface area contributed by atoms with E-state index < -0.39 is 0 Å². The molecule has 0 aliphatic rings. The Hall–Kier alpha value is -3.41. The minimum atomic E-state index is -0.188. The summed E-state index contributed by atoms with van der Waals surface area (Å²) in [6, 6.07) is 16.7. The molecule has 0 aliphatic carbocycles. The highest BCUT2D eigenvalue weighted by atomic mass is 16.5. The molecular formula is C23H25N3O3. The molecule has 6 heteroatoms. The molecule has 0 spiro atoms. The predicted octanol–water partition coefficient (Wildman–Crippen LogP) is 3.95. The minimum absolute atomic E-state index is 0.0734. The van der Waals surface area contributed by atoms with Crippen molar-refractivity contribution in [2.45, 2.75) is 33.2 Å².